The molecule has 31 heavy (non-hydrogen) atoms. The molecule has 0 aromatic heterocycles. The number of rotatable bonds is 5. The third-order valence-corrected chi connectivity index (χ3v) is 6.74. The highest BCUT2D eigenvalue weighted by atomic mass is 16.5. The molecule has 1 heterocycles. The first-order chi connectivity index (χ1) is 15.0. The number of likely N-dealkylation sites (N-methyl/N-ethyl adjacent to an activating group) is 1. The predicted molar refractivity (Wildman–Crippen MR) is 125 cm³/mol. The maximum absolute atomic E-state index is 5.91. The summed E-state index contributed by atoms with van der Waals surface area (Å²) in [4.78, 5) is 2.40. The van der Waals surface area contributed by atoms with Crippen LogP contribution in [-0.4, -0.2) is 46.4 Å². The van der Waals surface area contributed by atoms with Crippen LogP contribution in [0.2, 0.25) is 0 Å². The Labute approximate surface area is 184 Å². The van der Waals surface area contributed by atoms with Crippen molar-refractivity contribution in [3.63, 3.8) is 0 Å². The van der Waals surface area contributed by atoms with Crippen LogP contribution >= 0.6 is 0 Å². The van der Waals surface area contributed by atoms with Crippen LogP contribution in [0.4, 0.5) is 0 Å². The zero-order valence-corrected chi connectivity index (χ0v) is 19.4. The minimum Gasteiger partial charge on any atom is -0.496 e. The van der Waals surface area contributed by atoms with Gasteiger partial charge in [0, 0.05) is 29.3 Å². The number of nitrogens with zero attached hydrogens (tertiary/aromatic N) is 1. The molecular formula is C26H31NO4. The molecule has 0 spiro atoms. The van der Waals surface area contributed by atoms with Crippen LogP contribution in [0, 0.1) is 0 Å². The molecule has 0 saturated heterocycles. The van der Waals surface area contributed by atoms with E-state index in [9.17, 15) is 0 Å². The van der Waals surface area contributed by atoms with Crippen molar-refractivity contribution in [2.75, 3.05) is 35.5 Å². The molecule has 0 bridgehead atoms. The van der Waals surface area contributed by atoms with Gasteiger partial charge in [0.2, 0.25) is 0 Å². The minimum absolute atomic E-state index is 0.234. The van der Waals surface area contributed by atoms with Gasteiger partial charge in [-0.25, -0.2) is 0 Å². The summed E-state index contributed by atoms with van der Waals surface area (Å²) < 4.78 is 23.1. The van der Waals surface area contributed by atoms with Crippen LogP contribution in [0.1, 0.15) is 31.0 Å². The van der Waals surface area contributed by atoms with Crippen molar-refractivity contribution >= 4 is 10.8 Å². The van der Waals surface area contributed by atoms with Crippen LogP contribution in [0.25, 0.3) is 21.9 Å². The molecule has 0 fully saturated rings. The Kier molecular flexibility index (Phi) is 5.71. The average Bonchev–Trinajstić information content (AvgIpc) is 2.80. The second-order valence-corrected chi connectivity index (χ2v) is 8.14. The molecule has 5 heteroatoms. The molecule has 0 amide bonds. The van der Waals surface area contributed by atoms with Crippen molar-refractivity contribution in [1.29, 1.82) is 0 Å². The second kappa shape index (κ2) is 8.31. The predicted octanol–water partition coefficient (Wildman–Crippen LogP) is 5.48. The fourth-order valence-corrected chi connectivity index (χ4v) is 4.92. The molecule has 4 rings (SSSR count). The number of benzene rings is 3. The molecule has 164 valence electrons. The average molecular weight is 422 g/mol. The fraction of sp³-hybridized carbons (Fsp3) is 0.385. The molecule has 0 N–H and O–H groups in total. The number of fused-ring (bicyclic) bond motifs is 2. The third kappa shape index (κ3) is 3.28. The first-order valence-electron chi connectivity index (χ1n) is 10.6. The van der Waals surface area contributed by atoms with Crippen LogP contribution in [0.5, 0.6) is 23.0 Å². The van der Waals surface area contributed by atoms with Crippen molar-refractivity contribution in [1.82, 2.24) is 4.90 Å². The zero-order chi connectivity index (χ0) is 22.3. The summed E-state index contributed by atoms with van der Waals surface area (Å²) in [6.45, 7) is 4.51. The number of hydrogen-bond acceptors (Lipinski definition) is 5. The van der Waals surface area contributed by atoms with Gasteiger partial charge in [0.15, 0.2) is 0 Å². The van der Waals surface area contributed by atoms with Gasteiger partial charge < -0.3 is 18.9 Å². The molecule has 0 saturated carbocycles. The summed E-state index contributed by atoms with van der Waals surface area (Å²) in [7, 11) is 9.01. The van der Waals surface area contributed by atoms with Crippen molar-refractivity contribution in [2.24, 2.45) is 0 Å². The quantitative estimate of drug-likeness (QED) is 0.546. The van der Waals surface area contributed by atoms with Gasteiger partial charge in [-0.2, -0.15) is 0 Å². The Bertz CT molecular complexity index is 1110. The Morgan fingerprint density at radius 1 is 0.806 bits per heavy atom. The standard InChI is InChI=1S/C26H31NO4/c1-15-13-19-24(16(2)27(15)3)22(30-6)14-23(31-7)25(19)18-11-12-21(29-5)26-17(18)9-8-10-20(26)28-4/h8-12,14-16H,13H2,1-7H3. The summed E-state index contributed by atoms with van der Waals surface area (Å²) in [5.74, 6) is 3.27. The zero-order valence-electron chi connectivity index (χ0n) is 19.4. The lowest BCUT2D eigenvalue weighted by Gasteiger charge is -2.39. The summed E-state index contributed by atoms with van der Waals surface area (Å²) in [6.07, 6.45) is 0.913. The van der Waals surface area contributed by atoms with Gasteiger partial charge in [-0.05, 0) is 62.0 Å². The number of ether oxygens (including phenoxy) is 4. The highest BCUT2D eigenvalue weighted by molar-refractivity contribution is 6.05. The molecule has 2 unspecified atom stereocenters. The third-order valence-electron chi connectivity index (χ3n) is 6.74. The summed E-state index contributed by atoms with van der Waals surface area (Å²) >= 11 is 0. The van der Waals surface area contributed by atoms with Crippen molar-refractivity contribution in [3.8, 4) is 34.1 Å². The van der Waals surface area contributed by atoms with Crippen LogP contribution in [0.15, 0.2) is 36.4 Å². The monoisotopic (exact) mass is 421 g/mol. The fourth-order valence-electron chi connectivity index (χ4n) is 4.92. The normalized spacial score (nSPS) is 18.5. The summed E-state index contributed by atoms with van der Waals surface area (Å²) in [5, 5.41) is 2.04. The highest BCUT2D eigenvalue weighted by Crippen LogP contribution is 2.50. The van der Waals surface area contributed by atoms with Gasteiger partial charge >= 0.3 is 0 Å². The number of methoxy groups -OCH3 is 4. The van der Waals surface area contributed by atoms with Crippen molar-refractivity contribution in [2.45, 2.75) is 32.4 Å². The van der Waals surface area contributed by atoms with E-state index in [0.29, 0.717) is 6.04 Å². The Morgan fingerprint density at radius 2 is 1.45 bits per heavy atom. The Hall–Kier alpha value is -2.92. The van der Waals surface area contributed by atoms with E-state index in [4.69, 9.17) is 18.9 Å². The van der Waals surface area contributed by atoms with E-state index in [1.165, 1.54) is 11.1 Å². The van der Waals surface area contributed by atoms with Crippen LogP contribution in [-0.2, 0) is 6.42 Å². The summed E-state index contributed by atoms with van der Waals surface area (Å²) in [6, 6.07) is 12.9. The largest absolute Gasteiger partial charge is 0.496 e. The lowest BCUT2D eigenvalue weighted by atomic mass is 9.82. The van der Waals surface area contributed by atoms with E-state index < -0.39 is 0 Å². The minimum atomic E-state index is 0.234. The molecule has 5 nitrogen and oxygen atoms in total. The smallest absolute Gasteiger partial charge is 0.130 e. The van der Waals surface area contributed by atoms with E-state index in [2.05, 4.69) is 37.9 Å². The van der Waals surface area contributed by atoms with E-state index >= 15 is 0 Å². The van der Waals surface area contributed by atoms with Crippen LogP contribution in [0.3, 0.4) is 0 Å². The van der Waals surface area contributed by atoms with Gasteiger partial charge in [-0.1, -0.05) is 12.1 Å². The topological polar surface area (TPSA) is 40.2 Å². The van der Waals surface area contributed by atoms with Crippen LogP contribution < -0.4 is 18.9 Å². The van der Waals surface area contributed by atoms with Crippen molar-refractivity contribution < 1.29 is 18.9 Å². The summed E-state index contributed by atoms with van der Waals surface area (Å²) in [5.41, 5.74) is 4.73. The SMILES string of the molecule is COc1cc(OC)c2c(c1-c1ccc(OC)c3c(OC)cccc13)CC(C)N(C)C2C. The van der Waals surface area contributed by atoms with E-state index in [1.807, 2.05) is 24.3 Å². The van der Waals surface area contributed by atoms with Gasteiger partial charge in [0.1, 0.15) is 23.0 Å². The molecule has 0 radical (unpaired) electrons. The molecule has 1 aliphatic rings. The van der Waals surface area contributed by atoms with Crippen molar-refractivity contribution in [3.05, 3.63) is 47.5 Å². The first kappa shape index (κ1) is 21.3. The maximum atomic E-state index is 5.91. The maximum Gasteiger partial charge on any atom is 0.130 e. The van der Waals surface area contributed by atoms with Gasteiger partial charge in [-0.3, -0.25) is 4.90 Å². The van der Waals surface area contributed by atoms with Gasteiger partial charge in [-0.15, -0.1) is 0 Å². The molecule has 3 aromatic carbocycles. The Morgan fingerprint density at radius 3 is 2.10 bits per heavy atom. The molecule has 2 atom stereocenters. The molecule has 0 aliphatic carbocycles. The number of hydrogen-bond donors (Lipinski definition) is 0. The van der Waals surface area contributed by atoms with Gasteiger partial charge in [0.25, 0.3) is 0 Å². The molecule has 1 aliphatic heterocycles. The molecule has 3 aromatic rings. The second-order valence-electron chi connectivity index (χ2n) is 8.14. The lowest BCUT2D eigenvalue weighted by Crippen LogP contribution is -2.38. The van der Waals surface area contributed by atoms with E-state index in [-0.39, 0.29) is 6.04 Å². The first-order valence-corrected chi connectivity index (χ1v) is 10.6. The lowest BCUT2D eigenvalue weighted by molar-refractivity contribution is 0.175. The Balaban J connectivity index is 2.12. The van der Waals surface area contributed by atoms with E-state index in [0.717, 1.165) is 51.3 Å². The highest BCUT2D eigenvalue weighted by Gasteiger charge is 2.33. The van der Waals surface area contributed by atoms with E-state index in [1.54, 1.807) is 28.4 Å². The van der Waals surface area contributed by atoms with Gasteiger partial charge in [0.05, 0.1) is 33.8 Å². The molecular weight excluding hydrogens is 390 g/mol.